The van der Waals surface area contributed by atoms with Gasteiger partial charge in [-0.05, 0) is 19.1 Å². The van der Waals surface area contributed by atoms with Crippen molar-refractivity contribution in [3.8, 4) is 0 Å². The SMILES string of the molecule is CCN(C(=O)Cc1c(F)cccc1Cl)[C@H]1CC(=O)NC1=O. The van der Waals surface area contributed by atoms with Crippen LogP contribution in [0.5, 0.6) is 0 Å². The van der Waals surface area contributed by atoms with E-state index in [1.54, 1.807) is 6.92 Å². The Morgan fingerprint density at radius 3 is 2.71 bits per heavy atom. The molecule has 5 nitrogen and oxygen atoms in total. The van der Waals surface area contributed by atoms with Gasteiger partial charge in [-0.3, -0.25) is 19.7 Å². The summed E-state index contributed by atoms with van der Waals surface area (Å²) >= 11 is 5.89. The number of carbonyl (C=O) groups excluding carboxylic acids is 3. The summed E-state index contributed by atoms with van der Waals surface area (Å²) in [6.07, 6.45) is -0.319. The molecular formula is C14H14ClFN2O3. The molecule has 0 bridgehead atoms. The average Bonchev–Trinajstić information content (AvgIpc) is 2.74. The highest BCUT2D eigenvalue weighted by Gasteiger charge is 2.37. The lowest BCUT2D eigenvalue weighted by atomic mass is 10.1. The number of likely N-dealkylation sites (N-methyl/N-ethyl adjacent to an activating group) is 1. The first-order valence-corrected chi connectivity index (χ1v) is 6.88. The normalized spacial score (nSPS) is 17.8. The van der Waals surface area contributed by atoms with Gasteiger partial charge in [0.15, 0.2) is 0 Å². The molecule has 1 atom stereocenters. The maximum Gasteiger partial charge on any atom is 0.249 e. The fourth-order valence-corrected chi connectivity index (χ4v) is 2.55. The summed E-state index contributed by atoms with van der Waals surface area (Å²) in [4.78, 5) is 36.4. The van der Waals surface area contributed by atoms with E-state index in [1.807, 2.05) is 0 Å². The molecule has 0 spiro atoms. The van der Waals surface area contributed by atoms with Crippen LogP contribution in [0.3, 0.4) is 0 Å². The smallest absolute Gasteiger partial charge is 0.249 e. The Morgan fingerprint density at radius 2 is 2.19 bits per heavy atom. The van der Waals surface area contributed by atoms with Crippen LogP contribution in [0.4, 0.5) is 4.39 Å². The number of carbonyl (C=O) groups is 3. The molecule has 0 radical (unpaired) electrons. The molecule has 0 aromatic heterocycles. The van der Waals surface area contributed by atoms with E-state index in [0.29, 0.717) is 0 Å². The Balaban J connectivity index is 2.18. The highest BCUT2D eigenvalue weighted by Crippen LogP contribution is 2.21. The molecule has 1 aliphatic heterocycles. The molecule has 2 rings (SSSR count). The summed E-state index contributed by atoms with van der Waals surface area (Å²) in [6.45, 7) is 1.94. The number of imide groups is 1. The standard InChI is InChI=1S/C14H14ClFN2O3/c1-2-18(11-7-12(19)17-14(11)21)13(20)6-8-9(15)4-3-5-10(8)16/h3-5,11H,2,6-7H2,1H3,(H,17,19,21)/t11-/m0/s1. The van der Waals surface area contributed by atoms with Gasteiger partial charge >= 0.3 is 0 Å². The Labute approximate surface area is 126 Å². The number of nitrogens with zero attached hydrogens (tertiary/aromatic N) is 1. The quantitative estimate of drug-likeness (QED) is 0.852. The number of nitrogens with one attached hydrogen (secondary N) is 1. The lowest BCUT2D eigenvalue weighted by Crippen LogP contribution is -2.45. The van der Waals surface area contributed by atoms with Gasteiger partial charge in [0.05, 0.1) is 12.8 Å². The van der Waals surface area contributed by atoms with Gasteiger partial charge in [-0.15, -0.1) is 0 Å². The Hall–Kier alpha value is -1.95. The first kappa shape index (κ1) is 15.4. The highest BCUT2D eigenvalue weighted by atomic mass is 35.5. The summed E-state index contributed by atoms with van der Waals surface area (Å²) in [5, 5.41) is 2.31. The van der Waals surface area contributed by atoms with Crippen molar-refractivity contribution in [3.63, 3.8) is 0 Å². The Kier molecular flexibility index (Phi) is 4.57. The number of rotatable bonds is 4. The van der Waals surface area contributed by atoms with Crippen molar-refractivity contribution in [2.24, 2.45) is 0 Å². The molecule has 21 heavy (non-hydrogen) atoms. The fourth-order valence-electron chi connectivity index (χ4n) is 2.32. The van der Waals surface area contributed by atoms with Crippen molar-refractivity contribution in [2.75, 3.05) is 6.54 Å². The number of benzene rings is 1. The molecule has 1 fully saturated rings. The van der Waals surface area contributed by atoms with Crippen molar-refractivity contribution in [1.82, 2.24) is 10.2 Å². The zero-order chi connectivity index (χ0) is 15.6. The molecule has 1 saturated heterocycles. The fraction of sp³-hybridized carbons (Fsp3) is 0.357. The van der Waals surface area contributed by atoms with Crippen molar-refractivity contribution >= 4 is 29.3 Å². The molecule has 1 heterocycles. The molecule has 7 heteroatoms. The van der Waals surface area contributed by atoms with Crippen LogP contribution in [0.25, 0.3) is 0 Å². The van der Waals surface area contributed by atoms with Crippen molar-refractivity contribution in [2.45, 2.75) is 25.8 Å². The summed E-state index contributed by atoms with van der Waals surface area (Å²) < 4.78 is 13.7. The molecule has 1 aromatic carbocycles. The monoisotopic (exact) mass is 312 g/mol. The molecule has 0 aliphatic carbocycles. The van der Waals surface area contributed by atoms with E-state index in [-0.39, 0.29) is 30.0 Å². The van der Waals surface area contributed by atoms with Crippen molar-refractivity contribution in [3.05, 3.63) is 34.6 Å². The van der Waals surface area contributed by atoms with Crippen LogP contribution in [0.15, 0.2) is 18.2 Å². The van der Waals surface area contributed by atoms with Gasteiger partial charge in [0.25, 0.3) is 0 Å². The average molecular weight is 313 g/mol. The lowest BCUT2D eigenvalue weighted by molar-refractivity contribution is -0.138. The predicted octanol–water partition coefficient (Wildman–Crippen LogP) is 1.29. The second-order valence-corrected chi connectivity index (χ2v) is 5.10. The van der Waals surface area contributed by atoms with Crippen LogP contribution in [0.1, 0.15) is 18.9 Å². The van der Waals surface area contributed by atoms with E-state index >= 15 is 0 Å². The van der Waals surface area contributed by atoms with Crippen LogP contribution in [0.2, 0.25) is 5.02 Å². The molecule has 1 aromatic rings. The summed E-state index contributed by atoms with van der Waals surface area (Å²) in [6, 6.07) is 3.33. The van der Waals surface area contributed by atoms with Gasteiger partial charge in [0.2, 0.25) is 17.7 Å². The Bertz CT molecular complexity index is 586. The molecule has 3 amide bonds. The van der Waals surface area contributed by atoms with Crippen LogP contribution in [-0.2, 0) is 20.8 Å². The summed E-state index contributed by atoms with van der Waals surface area (Å²) in [5.74, 6) is -1.94. The minimum Gasteiger partial charge on any atom is -0.330 e. The highest BCUT2D eigenvalue weighted by molar-refractivity contribution is 6.31. The van der Waals surface area contributed by atoms with Gasteiger partial charge in [-0.1, -0.05) is 17.7 Å². The van der Waals surface area contributed by atoms with Crippen LogP contribution in [0, 0.1) is 5.82 Å². The molecule has 1 N–H and O–H groups in total. The van der Waals surface area contributed by atoms with Crippen molar-refractivity contribution in [1.29, 1.82) is 0 Å². The van der Waals surface area contributed by atoms with E-state index in [1.165, 1.54) is 23.1 Å². The molecule has 112 valence electrons. The number of hydrogen-bond acceptors (Lipinski definition) is 3. The summed E-state index contributed by atoms with van der Waals surface area (Å²) in [7, 11) is 0. The van der Waals surface area contributed by atoms with Gasteiger partial charge in [-0.25, -0.2) is 4.39 Å². The minimum absolute atomic E-state index is 0.0661. The second-order valence-electron chi connectivity index (χ2n) is 4.69. The van der Waals surface area contributed by atoms with Gasteiger partial charge < -0.3 is 4.90 Å². The third kappa shape index (κ3) is 3.21. The Morgan fingerprint density at radius 1 is 1.48 bits per heavy atom. The topological polar surface area (TPSA) is 66.5 Å². The summed E-state index contributed by atoms with van der Waals surface area (Å²) in [5.41, 5.74) is 0.0901. The zero-order valence-electron chi connectivity index (χ0n) is 11.4. The molecule has 0 unspecified atom stereocenters. The number of amides is 3. The molecular weight excluding hydrogens is 299 g/mol. The number of halogens is 2. The maximum atomic E-state index is 13.7. The third-order valence-electron chi connectivity index (χ3n) is 3.37. The molecule has 1 aliphatic rings. The van der Waals surface area contributed by atoms with Crippen molar-refractivity contribution < 1.29 is 18.8 Å². The van der Waals surface area contributed by atoms with Crippen LogP contribution < -0.4 is 5.32 Å². The number of hydrogen-bond donors (Lipinski definition) is 1. The van der Waals surface area contributed by atoms with Crippen LogP contribution in [-0.4, -0.2) is 35.2 Å². The van der Waals surface area contributed by atoms with Gasteiger partial charge in [-0.2, -0.15) is 0 Å². The van der Waals surface area contributed by atoms with Gasteiger partial charge in [0.1, 0.15) is 11.9 Å². The third-order valence-corrected chi connectivity index (χ3v) is 3.73. The van der Waals surface area contributed by atoms with E-state index in [9.17, 15) is 18.8 Å². The van der Waals surface area contributed by atoms with E-state index < -0.39 is 29.6 Å². The second kappa shape index (κ2) is 6.22. The first-order chi connectivity index (χ1) is 9.93. The maximum absolute atomic E-state index is 13.7. The largest absolute Gasteiger partial charge is 0.330 e. The predicted molar refractivity (Wildman–Crippen MR) is 74.1 cm³/mol. The zero-order valence-corrected chi connectivity index (χ0v) is 12.1. The van der Waals surface area contributed by atoms with E-state index in [2.05, 4.69) is 5.32 Å². The lowest BCUT2D eigenvalue weighted by Gasteiger charge is -2.25. The van der Waals surface area contributed by atoms with Crippen LogP contribution >= 0.6 is 11.6 Å². The van der Waals surface area contributed by atoms with Gasteiger partial charge in [0, 0.05) is 17.1 Å². The minimum atomic E-state index is -0.833. The first-order valence-electron chi connectivity index (χ1n) is 6.50. The molecule has 0 saturated carbocycles. The van der Waals surface area contributed by atoms with E-state index in [4.69, 9.17) is 11.6 Å². The van der Waals surface area contributed by atoms with E-state index in [0.717, 1.165) is 0 Å².